The van der Waals surface area contributed by atoms with E-state index >= 15 is 0 Å². The van der Waals surface area contributed by atoms with Crippen molar-refractivity contribution < 1.29 is 18.7 Å². The van der Waals surface area contributed by atoms with Crippen molar-refractivity contribution >= 4 is 12.0 Å². The molecule has 0 saturated heterocycles. The van der Waals surface area contributed by atoms with Crippen molar-refractivity contribution in [2.45, 2.75) is 26.8 Å². The lowest BCUT2D eigenvalue weighted by atomic mass is 9.95. The number of hydrogen-bond donors (Lipinski definition) is 2. The van der Waals surface area contributed by atoms with Gasteiger partial charge in [0.1, 0.15) is 11.5 Å². The fourth-order valence-corrected chi connectivity index (χ4v) is 3.47. The minimum atomic E-state index is -0.740. The Morgan fingerprint density at radius 2 is 1.97 bits per heavy atom. The summed E-state index contributed by atoms with van der Waals surface area (Å²) in [4.78, 5) is 25.0. The number of nitrogens with zero attached hydrogens (tertiary/aromatic N) is 2. The largest absolute Gasteiger partial charge is 0.463 e. The highest BCUT2D eigenvalue weighted by Gasteiger charge is 2.35. The number of hydrogen-bond acceptors (Lipinski definition) is 5. The molecule has 1 aliphatic heterocycles. The molecule has 8 nitrogen and oxygen atoms in total. The Morgan fingerprint density at radius 3 is 2.63 bits per heavy atom. The van der Waals surface area contributed by atoms with E-state index in [4.69, 9.17) is 14.3 Å². The van der Waals surface area contributed by atoms with Crippen molar-refractivity contribution in [2.24, 2.45) is 0 Å². The molecule has 0 fully saturated rings. The van der Waals surface area contributed by atoms with Crippen LogP contribution in [0.4, 0.5) is 4.79 Å². The lowest BCUT2D eigenvalue weighted by molar-refractivity contribution is -0.139. The Morgan fingerprint density at radius 1 is 1.20 bits per heavy atom. The first-order chi connectivity index (χ1) is 14.5. The molecule has 2 aromatic heterocycles. The van der Waals surface area contributed by atoms with Gasteiger partial charge in [0.2, 0.25) is 0 Å². The molecule has 1 aliphatic rings. The topological polar surface area (TPSA) is 98.4 Å². The number of ether oxygens (including phenoxy) is 1. The van der Waals surface area contributed by atoms with Crippen LogP contribution in [0.15, 0.2) is 64.3 Å². The second-order valence-corrected chi connectivity index (χ2v) is 6.91. The number of urea groups is 1. The molecule has 0 radical (unpaired) electrons. The van der Waals surface area contributed by atoms with E-state index in [1.165, 1.54) is 0 Å². The summed E-state index contributed by atoms with van der Waals surface area (Å²) >= 11 is 0. The monoisotopic (exact) mass is 406 g/mol. The number of esters is 1. The molecule has 0 saturated carbocycles. The van der Waals surface area contributed by atoms with Gasteiger partial charge in [-0.15, -0.1) is 0 Å². The third-order valence-corrected chi connectivity index (χ3v) is 4.81. The zero-order valence-electron chi connectivity index (χ0n) is 16.9. The van der Waals surface area contributed by atoms with Gasteiger partial charge in [-0.2, -0.15) is 5.10 Å². The van der Waals surface area contributed by atoms with Crippen LogP contribution in [0, 0.1) is 6.92 Å². The number of para-hydroxylation sites is 1. The van der Waals surface area contributed by atoms with Gasteiger partial charge >= 0.3 is 12.0 Å². The third-order valence-electron chi connectivity index (χ3n) is 4.81. The molecule has 30 heavy (non-hydrogen) atoms. The molecule has 0 bridgehead atoms. The molecule has 0 unspecified atom stereocenters. The van der Waals surface area contributed by atoms with Crippen molar-refractivity contribution in [2.75, 3.05) is 6.61 Å². The SMILES string of the molecule is CCOC(=O)C1=C(C)NC(=O)N[C@@H]1c1cn(-c2ccccc2)nc1-c1ccc(C)o1. The predicted molar refractivity (Wildman–Crippen MR) is 110 cm³/mol. The number of aromatic nitrogens is 2. The number of aryl methyl sites for hydroxylation is 1. The number of carbonyl (C=O) groups excluding carboxylic acids is 2. The van der Waals surface area contributed by atoms with Crippen LogP contribution in [0.3, 0.4) is 0 Å². The van der Waals surface area contributed by atoms with E-state index in [0.29, 0.717) is 28.3 Å². The Hall–Kier alpha value is -3.81. The highest BCUT2D eigenvalue weighted by molar-refractivity contribution is 5.95. The summed E-state index contributed by atoms with van der Waals surface area (Å²) in [7, 11) is 0. The second kappa shape index (κ2) is 7.90. The lowest BCUT2D eigenvalue weighted by Gasteiger charge is -2.27. The van der Waals surface area contributed by atoms with Crippen molar-refractivity contribution in [3.05, 3.63) is 71.3 Å². The number of furan rings is 1. The Bertz CT molecular complexity index is 1130. The molecular weight excluding hydrogens is 384 g/mol. The zero-order valence-corrected chi connectivity index (χ0v) is 16.9. The van der Waals surface area contributed by atoms with Crippen molar-refractivity contribution in [3.8, 4) is 17.1 Å². The summed E-state index contributed by atoms with van der Waals surface area (Å²) < 4.78 is 12.8. The zero-order chi connectivity index (χ0) is 21.3. The second-order valence-electron chi connectivity index (χ2n) is 6.91. The van der Waals surface area contributed by atoms with Gasteiger partial charge in [-0.25, -0.2) is 14.3 Å². The van der Waals surface area contributed by atoms with Crippen LogP contribution >= 0.6 is 0 Å². The van der Waals surface area contributed by atoms with Gasteiger partial charge in [0.15, 0.2) is 5.76 Å². The summed E-state index contributed by atoms with van der Waals surface area (Å²) in [6.45, 7) is 5.49. The molecule has 1 atom stereocenters. The van der Waals surface area contributed by atoms with Gasteiger partial charge in [0.05, 0.1) is 23.9 Å². The number of benzene rings is 1. The van der Waals surface area contributed by atoms with E-state index in [1.807, 2.05) is 49.4 Å². The van der Waals surface area contributed by atoms with E-state index in [2.05, 4.69) is 10.6 Å². The van der Waals surface area contributed by atoms with Gasteiger partial charge in [0, 0.05) is 17.5 Å². The normalized spacial score (nSPS) is 16.2. The van der Waals surface area contributed by atoms with Crippen LogP contribution < -0.4 is 10.6 Å². The smallest absolute Gasteiger partial charge is 0.338 e. The minimum absolute atomic E-state index is 0.226. The quantitative estimate of drug-likeness (QED) is 0.631. The third kappa shape index (κ3) is 3.59. The van der Waals surface area contributed by atoms with E-state index < -0.39 is 18.0 Å². The van der Waals surface area contributed by atoms with Crippen molar-refractivity contribution in [3.63, 3.8) is 0 Å². The highest BCUT2D eigenvalue weighted by Crippen LogP contribution is 2.35. The fourth-order valence-electron chi connectivity index (χ4n) is 3.47. The first kappa shape index (κ1) is 19.5. The van der Waals surface area contributed by atoms with Gasteiger partial charge in [0.25, 0.3) is 0 Å². The van der Waals surface area contributed by atoms with Crippen molar-refractivity contribution in [1.82, 2.24) is 20.4 Å². The summed E-state index contributed by atoms with van der Waals surface area (Å²) in [5, 5.41) is 10.2. The van der Waals surface area contributed by atoms with Gasteiger partial charge in [-0.1, -0.05) is 18.2 Å². The molecule has 2 N–H and O–H groups in total. The average molecular weight is 406 g/mol. The Labute approximate surface area is 173 Å². The summed E-state index contributed by atoms with van der Waals surface area (Å²) in [6.07, 6.45) is 1.80. The molecule has 4 rings (SSSR count). The predicted octanol–water partition coefficient (Wildman–Crippen LogP) is 3.63. The van der Waals surface area contributed by atoms with Crippen molar-refractivity contribution in [1.29, 1.82) is 0 Å². The maximum absolute atomic E-state index is 12.7. The molecule has 0 aliphatic carbocycles. The summed E-state index contributed by atoms with van der Waals surface area (Å²) in [5.74, 6) is 0.782. The first-order valence-electron chi connectivity index (χ1n) is 9.65. The summed E-state index contributed by atoms with van der Waals surface area (Å²) in [5.41, 5.74) is 2.77. The molecule has 154 valence electrons. The number of nitrogens with one attached hydrogen (secondary N) is 2. The van der Waals surface area contributed by atoms with Crippen LogP contribution in [-0.4, -0.2) is 28.4 Å². The molecule has 1 aromatic carbocycles. The van der Waals surface area contributed by atoms with E-state index in [1.54, 1.807) is 24.7 Å². The number of amides is 2. The van der Waals surface area contributed by atoms with Crippen LogP contribution in [0.1, 0.15) is 31.2 Å². The highest BCUT2D eigenvalue weighted by atomic mass is 16.5. The average Bonchev–Trinajstić information content (AvgIpc) is 3.34. The van der Waals surface area contributed by atoms with Crippen LogP contribution in [0.5, 0.6) is 0 Å². The lowest BCUT2D eigenvalue weighted by Crippen LogP contribution is -2.45. The first-order valence-corrected chi connectivity index (χ1v) is 9.65. The maximum Gasteiger partial charge on any atom is 0.338 e. The maximum atomic E-state index is 12.7. The molecule has 0 spiro atoms. The molecular formula is C22H22N4O4. The Kier molecular flexibility index (Phi) is 5.14. The minimum Gasteiger partial charge on any atom is -0.463 e. The van der Waals surface area contributed by atoms with E-state index in [9.17, 15) is 9.59 Å². The Balaban J connectivity index is 1.89. The standard InChI is InChI=1S/C22H22N4O4/c1-4-29-21(27)18-14(3)23-22(28)24-20(18)16-12-26(15-8-6-5-7-9-15)25-19(16)17-11-10-13(2)30-17/h5-12,20H,4H2,1-3H3,(H2,23,24,28)/t20-/m1/s1. The number of allylic oxidation sites excluding steroid dienone is 1. The molecule has 2 amide bonds. The molecule has 3 aromatic rings. The van der Waals surface area contributed by atoms with Crippen LogP contribution in [-0.2, 0) is 9.53 Å². The van der Waals surface area contributed by atoms with E-state index in [-0.39, 0.29) is 6.61 Å². The van der Waals surface area contributed by atoms with Gasteiger partial charge in [-0.05, 0) is 45.0 Å². The summed E-state index contributed by atoms with van der Waals surface area (Å²) in [6, 6.07) is 12.1. The molecule has 8 heteroatoms. The van der Waals surface area contributed by atoms with Gasteiger partial charge < -0.3 is 19.8 Å². The molecule has 3 heterocycles. The van der Waals surface area contributed by atoms with Crippen LogP contribution in [0.25, 0.3) is 17.1 Å². The van der Waals surface area contributed by atoms with Crippen LogP contribution in [0.2, 0.25) is 0 Å². The fraction of sp³-hybridized carbons (Fsp3) is 0.227. The number of carbonyl (C=O) groups is 2. The number of rotatable bonds is 5. The van der Waals surface area contributed by atoms with Gasteiger partial charge in [-0.3, -0.25) is 0 Å². The van der Waals surface area contributed by atoms with E-state index in [0.717, 1.165) is 11.4 Å².